The van der Waals surface area contributed by atoms with Crippen LogP contribution in [-0.2, 0) is 25.7 Å². The van der Waals surface area contributed by atoms with E-state index in [0.717, 1.165) is 0 Å². The van der Waals surface area contributed by atoms with Crippen molar-refractivity contribution in [2.24, 2.45) is 5.73 Å². The highest BCUT2D eigenvalue weighted by Crippen LogP contribution is 2.47. The number of benzene rings is 2. The topological polar surface area (TPSA) is 97.1 Å². The van der Waals surface area contributed by atoms with Crippen molar-refractivity contribution in [3.63, 3.8) is 0 Å². The second-order valence-corrected chi connectivity index (χ2v) is 8.24. The van der Waals surface area contributed by atoms with Gasteiger partial charge in [0, 0.05) is 24.0 Å². The van der Waals surface area contributed by atoms with Crippen molar-refractivity contribution >= 4 is 23.4 Å². The molecule has 1 aliphatic carbocycles. The summed E-state index contributed by atoms with van der Waals surface area (Å²) in [6.07, 6.45) is 1.46. The summed E-state index contributed by atoms with van der Waals surface area (Å²) in [4.78, 5) is 25.5. The van der Waals surface area contributed by atoms with E-state index in [4.69, 9.17) is 36.3 Å². The van der Waals surface area contributed by atoms with Gasteiger partial charge in [-0.3, -0.25) is 4.79 Å². The van der Waals surface area contributed by atoms with Crippen molar-refractivity contribution in [3.05, 3.63) is 81.2 Å². The first-order valence-electron chi connectivity index (χ1n) is 10.6. The van der Waals surface area contributed by atoms with Crippen LogP contribution < -0.4 is 15.2 Å². The molecule has 1 atom stereocenters. The minimum atomic E-state index is -0.851. The number of halogens is 2. The van der Waals surface area contributed by atoms with Crippen LogP contribution in [0.5, 0.6) is 11.5 Å². The average molecular weight is 488 g/mol. The lowest BCUT2D eigenvalue weighted by Gasteiger charge is -2.32. The van der Waals surface area contributed by atoms with Gasteiger partial charge < -0.3 is 24.7 Å². The number of methoxy groups -OCH3 is 2. The lowest BCUT2D eigenvalue weighted by atomic mass is 9.77. The minimum absolute atomic E-state index is 0.00893. The summed E-state index contributed by atoms with van der Waals surface area (Å²) < 4.78 is 35.9. The summed E-state index contributed by atoms with van der Waals surface area (Å²) in [5, 5.41) is 0.158. The quantitative estimate of drug-likeness (QED) is 0.598. The van der Waals surface area contributed by atoms with Crippen LogP contribution in [0.1, 0.15) is 36.3 Å². The number of carbonyl (C=O) groups excluding carboxylic acids is 2. The van der Waals surface area contributed by atoms with E-state index in [-0.39, 0.29) is 40.4 Å². The third-order valence-electron chi connectivity index (χ3n) is 5.80. The second-order valence-electron chi connectivity index (χ2n) is 7.83. The largest absolute Gasteiger partial charge is 0.493 e. The summed E-state index contributed by atoms with van der Waals surface area (Å²) >= 11 is 6.55. The Morgan fingerprint density at radius 3 is 2.71 bits per heavy atom. The van der Waals surface area contributed by atoms with Gasteiger partial charge in [-0.05, 0) is 30.2 Å². The fourth-order valence-electron chi connectivity index (χ4n) is 4.21. The van der Waals surface area contributed by atoms with Gasteiger partial charge in [0.1, 0.15) is 23.8 Å². The monoisotopic (exact) mass is 487 g/mol. The van der Waals surface area contributed by atoms with Gasteiger partial charge in [-0.25, -0.2) is 9.18 Å². The molecule has 1 aliphatic heterocycles. The number of ketones is 1. The predicted octanol–water partition coefficient (Wildman–Crippen LogP) is 4.53. The fourth-order valence-corrected chi connectivity index (χ4v) is 4.48. The summed E-state index contributed by atoms with van der Waals surface area (Å²) in [5.41, 5.74) is 7.27. The average Bonchev–Trinajstić information content (AvgIpc) is 2.82. The van der Waals surface area contributed by atoms with E-state index in [0.29, 0.717) is 41.7 Å². The standard InChI is InChI=1S/C25H23ClFNO6/c1-31-19-11-14(10-15(26)23(19)33-12-13-6-3-4-7-16(13)27)20-21-17(29)8-5-9-18(21)34-24(28)22(20)25(30)32-2/h3-4,6-7,10-11,20H,5,8-9,12,28H2,1-2H3/t20-/m0/s1. The van der Waals surface area contributed by atoms with E-state index in [1.165, 1.54) is 20.3 Å². The van der Waals surface area contributed by atoms with E-state index in [9.17, 15) is 14.0 Å². The Morgan fingerprint density at radius 1 is 1.24 bits per heavy atom. The van der Waals surface area contributed by atoms with Crippen molar-refractivity contribution in [2.75, 3.05) is 14.2 Å². The maximum absolute atomic E-state index is 14.0. The van der Waals surface area contributed by atoms with Gasteiger partial charge in [-0.2, -0.15) is 0 Å². The first-order chi connectivity index (χ1) is 16.3. The summed E-state index contributed by atoms with van der Waals surface area (Å²) in [7, 11) is 2.65. The molecular formula is C25H23ClFNO6. The maximum Gasteiger partial charge on any atom is 0.340 e. The van der Waals surface area contributed by atoms with Crippen molar-refractivity contribution in [2.45, 2.75) is 31.8 Å². The Hall–Kier alpha value is -3.52. The zero-order chi connectivity index (χ0) is 24.4. The lowest BCUT2D eigenvalue weighted by Crippen LogP contribution is -2.31. The van der Waals surface area contributed by atoms with Gasteiger partial charge in [0.25, 0.3) is 0 Å². The number of nitrogens with two attached hydrogens (primary N) is 1. The molecule has 0 unspecified atom stereocenters. The highest BCUT2D eigenvalue weighted by atomic mass is 35.5. The second kappa shape index (κ2) is 9.77. The number of Topliss-reactive ketones (excluding diaryl/α,β-unsaturated/α-hetero) is 1. The summed E-state index contributed by atoms with van der Waals surface area (Å²) in [5.74, 6) is -1.37. The van der Waals surface area contributed by atoms with Crippen molar-refractivity contribution in [1.29, 1.82) is 0 Å². The number of rotatable bonds is 6. The molecule has 2 aromatic rings. The Morgan fingerprint density at radius 2 is 2.00 bits per heavy atom. The number of ether oxygens (including phenoxy) is 4. The van der Waals surface area contributed by atoms with Crippen LogP contribution in [0.25, 0.3) is 0 Å². The molecule has 178 valence electrons. The van der Waals surface area contributed by atoms with Crippen LogP contribution in [-0.4, -0.2) is 26.0 Å². The highest BCUT2D eigenvalue weighted by Gasteiger charge is 2.41. The normalized spacial score (nSPS) is 17.8. The molecule has 34 heavy (non-hydrogen) atoms. The van der Waals surface area contributed by atoms with Crippen molar-refractivity contribution in [3.8, 4) is 11.5 Å². The van der Waals surface area contributed by atoms with Gasteiger partial charge in [-0.1, -0.05) is 29.8 Å². The van der Waals surface area contributed by atoms with Crippen LogP contribution in [0.3, 0.4) is 0 Å². The van der Waals surface area contributed by atoms with E-state index >= 15 is 0 Å². The zero-order valence-corrected chi connectivity index (χ0v) is 19.4. The molecule has 0 fully saturated rings. The molecule has 7 nitrogen and oxygen atoms in total. The molecule has 0 radical (unpaired) electrons. The Bertz CT molecular complexity index is 1220. The van der Waals surface area contributed by atoms with Gasteiger partial charge in [0.05, 0.1) is 25.2 Å². The maximum atomic E-state index is 14.0. The lowest BCUT2D eigenvalue weighted by molar-refractivity contribution is -0.136. The number of esters is 1. The number of carbonyl (C=O) groups is 2. The first-order valence-corrected chi connectivity index (χ1v) is 11.0. The third kappa shape index (κ3) is 4.33. The number of hydrogen-bond donors (Lipinski definition) is 1. The molecule has 0 spiro atoms. The van der Waals surface area contributed by atoms with Gasteiger partial charge in [0.15, 0.2) is 17.3 Å². The number of allylic oxidation sites excluding steroid dienone is 2. The van der Waals surface area contributed by atoms with Crippen LogP contribution in [0.2, 0.25) is 5.02 Å². The van der Waals surface area contributed by atoms with E-state index < -0.39 is 17.7 Å². The summed E-state index contributed by atoms with van der Waals surface area (Å²) in [6, 6.07) is 9.41. The first kappa shape index (κ1) is 23.6. The van der Waals surface area contributed by atoms with Crippen LogP contribution in [0, 0.1) is 5.82 Å². The molecule has 4 rings (SSSR count). The van der Waals surface area contributed by atoms with E-state index in [1.54, 1.807) is 30.3 Å². The van der Waals surface area contributed by atoms with E-state index in [2.05, 4.69) is 0 Å². The molecule has 0 bridgehead atoms. The Labute approximate surface area is 200 Å². The molecule has 1 heterocycles. The van der Waals surface area contributed by atoms with E-state index in [1.807, 2.05) is 0 Å². The van der Waals surface area contributed by atoms with Crippen molar-refractivity contribution < 1.29 is 32.9 Å². The molecule has 2 N–H and O–H groups in total. The van der Waals surface area contributed by atoms with Gasteiger partial charge in [0.2, 0.25) is 5.88 Å². The Balaban J connectivity index is 1.78. The zero-order valence-electron chi connectivity index (χ0n) is 18.7. The van der Waals surface area contributed by atoms with Crippen LogP contribution in [0.4, 0.5) is 4.39 Å². The van der Waals surface area contributed by atoms with Gasteiger partial charge >= 0.3 is 5.97 Å². The fraction of sp³-hybridized carbons (Fsp3) is 0.280. The number of hydrogen-bond acceptors (Lipinski definition) is 7. The molecule has 0 amide bonds. The van der Waals surface area contributed by atoms with Crippen molar-refractivity contribution in [1.82, 2.24) is 0 Å². The van der Waals surface area contributed by atoms with Gasteiger partial charge in [-0.15, -0.1) is 0 Å². The molecule has 2 aromatic carbocycles. The molecule has 0 saturated carbocycles. The predicted molar refractivity (Wildman–Crippen MR) is 122 cm³/mol. The summed E-state index contributed by atoms with van der Waals surface area (Å²) in [6.45, 7) is -0.0760. The molecule has 0 saturated heterocycles. The molecule has 0 aromatic heterocycles. The smallest absolute Gasteiger partial charge is 0.340 e. The van der Waals surface area contributed by atoms with Crippen LogP contribution in [0.15, 0.2) is 59.2 Å². The SMILES string of the molecule is COC(=O)C1=C(N)OC2=C(C(=O)CCC2)[C@@H]1c1cc(Cl)c(OCc2ccccc2F)c(OC)c1. The molecule has 2 aliphatic rings. The highest BCUT2D eigenvalue weighted by molar-refractivity contribution is 6.32. The Kier molecular flexibility index (Phi) is 6.79. The minimum Gasteiger partial charge on any atom is -0.493 e. The van der Waals surface area contributed by atoms with Crippen LogP contribution >= 0.6 is 11.6 Å². The molecular weight excluding hydrogens is 465 g/mol. The molecule has 9 heteroatoms. The third-order valence-corrected chi connectivity index (χ3v) is 6.09.